The van der Waals surface area contributed by atoms with Crippen molar-refractivity contribution in [1.29, 1.82) is 0 Å². The summed E-state index contributed by atoms with van der Waals surface area (Å²) in [6.07, 6.45) is -4.08. The van der Waals surface area contributed by atoms with Crippen LogP contribution in [0.5, 0.6) is 5.75 Å². The molecule has 1 aromatic rings. The average Bonchev–Trinajstić information content (AvgIpc) is 2.29. The smallest absolute Gasteiger partial charge is 0.455 e. The summed E-state index contributed by atoms with van der Waals surface area (Å²) >= 11 is 0. The Balaban J connectivity index is 3.17. The number of alkyl halides is 3. The van der Waals surface area contributed by atoms with E-state index in [1.807, 2.05) is 0 Å². The topological polar surface area (TPSA) is 26.3 Å². The van der Waals surface area contributed by atoms with Crippen LogP contribution in [0.1, 0.15) is 30.1 Å². The molecule has 0 unspecified atom stereocenters. The van der Waals surface area contributed by atoms with Crippen molar-refractivity contribution in [1.82, 2.24) is 0 Å². The third-order valence-electron chi connectivity index (χ3n) is 2.25. The Kier molecular flexibility index (Phi) is 4.85. The zero-order valence-electron chi connectivity index (χ0n) is 9.98. The van der Waals surface area contributed by atoms with Gasteiger partial charge in [0.1, 0.15) is 5.82 Å². The summed E-state index contributed by atoms with van der Waals surface area (Å²) in [4.78, 5) is 11.1. The molecule has 0 aliphatic heterocycles. The van der Waals surface area contributed by atoms with Crippen LogP contribution in [0.3, 0.4) is 0 Å². The van der Waals surface area contributed by atoms with Crippen molar-refractivity contribution in [2.45, 2.75) is 25.9 Å². The van der Waals surface area contributed by atoms with Crippen LogP contribution in [0.2, 0.25) is 0 Å². The van der Waals surface area contributed by atoms with Crippen LogP contribution in [0, 0.1) is 11.6 Å². The highest BCUT2D eigenvalue weighted by Crippen LogP contribution is 2.30. The Labute approximate surface area is 106 Å². The van der Waals surface area contributed by atoms with Crippen LogP contribution in [0.4, 0.5) is 22.0 Å². The van der Waals surface area contributed by atoms with E-state index in [-0.39, 0.29) is 6.61 Å². The van der Waals surface area contributed by atoms with E-state index in [2.05, 4.69) is 0 Å². The van der Waals surface area contributed by atoms with Gasteiger partial charge in [0.15, 0.2) is 11.6 Å². The van der Waals surface area contributed by atoms with E-state index in [1.54, 1.807) is 6.92 Å². The minimum atomic E-state index is -5.22. The van der Waals surface area contributed by atoms with Crippen molar-refractivity contribution in [3.8, 4) is 5.75 Å². The highest BCUT2D eigenvalue weighted by Gasteiger charge is 2.41. The summed E-state index contributed by atoms with van der Waals surface area (Å²) in [5, 5.41) is 0. The van der Waals surface area contributed by atoms with E-state index < -0.39 is 34.9 Å². The molecular weight excluding hydrogens is 271 g/mol. The van der Waals surface area contributed by atoms with Crippen molar-refractivity contribution in [2.24, 2.45) is 0 Å². The predicted molar refractivity (Wildman–Crippen MR) is 57.1 cm³/mol. The summed E-state index contributed by atoms with van der Waals surface area (Å²) in [5.74, 6) is -5.80. The van der Waals surface area contributed by atoms with Gasteiger partial charge in [-0.2, -0.15) is 13.2 Å². The molecule has 0 fully saturated rings. The fraction of sp³-hybridized carbons (Fsp3) is 0.417. The van der Waals surface area contributed by atoms with E-state index in [4.69, 9.17) is 4.74 Å². The van der Waals surface area contributed by atoms with Gasteiger partial charge in [-0.05, 0) is 12.5 Å². The Morgan fingerprint density at radius 3 is 2.42 bits per heavy atom. The second kappa shape index (κ2) is 5.99. The lowest BCUT2D eigenvalue weighted by Crippen LogP contribution is -2.24. The Morgan fingerprint density at radius 1 is 1.26 bits per heavy atom. The molecule has 19 heavy (non-hydrogen) atoms. The van der Waals surface area contributed by atoms with Gasteiger partial charge in [-0.15, -0.1) is 0 Å². The van der Waals surface area contributed by atoms with Crippen molar-refractivity contribution in [3.63, 3.8) is 0 Å². The van der Waals surface area contributed by atoms with Crippen molar-refractivity contribution in [2.75, 3.05) is 6.61 Å². The molecule has 0 atom stereocenters. The zero-order chi connectivity index (χ0) is 14.6. The van der Waals surface area contributed by atoms with Crippen molar-refractivity contribution < 1.29 is 31.5 Å². The lowest BCUT2D eigenvalue weighted by atomic mass is 10.1. The molecule has 1 rings (SSSR count). The number of Topliss-reactive ketones (excluding diaryl/α,β-unsaturated/α-hetero) is 1. The molecule has 0 N–H and O–H groups in total. The monoisotopic (exact) mass is 282 g/mol. The molecule has 0 spiro atoms. The van der Waals surface area contributed by atoms with E-state index in [9.17, 15) is 26.7 Å². The number of hydrogen-bond acceptors (Lipinski definition) is 2. The van der Waals surface area contributed by atoms with Crippen LogP contribution in [-0.4, -0.2) is 18.6 Å². The van der Waals surface area contributed by atoms with Crippen LogP contribution in [0.25, 0.3) is 0 Å². The van der Waals surface area contributed by atoms with E-state index in [1.165, 1.54) is 0 Å². The third-order valence-corrected chi connectivity index (χ3v) is 2.25. The maximum atomic E-state index is 13.4. The lowest BCUT2D eigenvalue weighted by molar-refractivity contribution is -0.0887. The Hall–Kier alpha value is -1.66. The highest BCUT2D eigenvalue weighted by molar-refractivity contribution is 6.02. The number of carbonyl (C=O) groups is 1. The van der Waals surface area contributed by atoms with Crippen molar-refractivity contribution in [3.05, 3.63) is 29.3 Å². The summed E-state index contributed by atoms with van der Waals surface area (Å²) < 4.78 is 68.1. The molecule has 0 saturated carbocycles. The first-order valence-corrected chi connectivity index (χ1v) is 5.50. The standard InChI is InChI=1S/C12H11F5O2/c1-2-3-4-19-10-8(11(18)12(15,16)17)5-7(13)6-9(10)14/h5-6H,2-4H2,1H3. The quantitative estimate of drug-likeness (QED) is 0.465. The van der Waals surface area contributed by atoms with Gasteiger partial charge in [-0.3, -0.25) is 4.79 Å². The minimum absolute atomic E-state index is 0.0583. The van der Waals surface area contributed by atoms with Crippen LogP contribution < -0.4 is 4.74 Å². The Morgan fingerprint density at radius 2 is 1.89 bits per heavy atom. The van der Waals surface area contributed by atoms with Gasteiger partial charge < -0.3 is 4.74 Å². The molecule has 1 aromatic carbocycles. The first-order valence-electron chi connectivity index (χ1n) is 5.50. The highest BCUT2D eigenvalue weighted by atomic mass is 19.4. The number of ether oxygens (including phenoxy) is 1. The summed E-state index contributed by atoms with van der Waals surface area (Å²) in [7, 11) is 0. The largest absolute Gasteiger partial charge is 0.490 e. The number of rotatable bonds is 5. The fourth-order valence-electron chi connectivity index (χ4n) is 1.35. The van der Waals surface area contributed by atoms with Gasteiger partial charge in [0.25, 0.3) is 5.78 Å². The molecule has 0 heterocycles. The second-order valence-electron chi connectivity index (χ2n) is 3.79. The summed E-state index contributed by atoms with van der Waals surface area (Å²) in [5.41, 5.74) is -1.15. The molecule has 0 aliphatic carbocycles. The summed E-state index contributed by atoms with van der Waals surface area (Å²) in [6, 6.07) is 0.689. The van der Waals surface area contributed by atoms with E-state index in [0.29, 0.717) is 25.0 Å². The molecule has 0 aliphatic rings. The molecule has 0 radical (unpaired) electrons. The van der Waals surface area contributed by atoms with E-state index in [0.717, 1.165) is 0 Å². The molecule has 106 valence electrons. The lowest BCUT2D eigenvalue weighted by Gasteiger charge is -2.13. The molecular formula is C12H11F5O2. The van der Waals surface area contributed by atoms with Crippen LogP contribution in [0.15, 0.2) is 12.1 Å². The van der Waals surface area contributed by atoms with E-state index >= 15 is 0 Å². The first kappa shape index (κ1) is 15.4. The number of halogens is 5. The van der Waals surface area contributed by atoms with Gasteiger partial charge in [0, 0.05) is 6.07 Å². The molecule has 0 saturated heterocycles. The minimum Gasteiger partial charge on any atom is -0.490 e. The number of carbonyl (C=O) groups excluding carboxylic acids is 1. The molecule has 0 bridgehead atoms. The number of hydrogen-bond donors (Lipinski definition) is 0. The maximum Gasteiger partial charge on any atom is 0.455 e. The fourth-order valence-corrected chi connectivity index (χ4v) is 1.35. The third kappa shape index (κ3) is 3.90. The average molecular weight is 282 g/mol. The number of benzene rings is 1. The molecule has 2 nitrogen and oxygen atoms in total. The molecule has 0 amide bonds. The zero-order valence-corrected chi connectivity index (χ0v) is 9.98. The SMILES string of the molecule is CCCCOc1c(F)cc(F)cc1C(=O)C(F)(F)F. The van der Waals surface area contributed by atoms with Crippen LogP contribution >= 0.6 is 0 Å². The second-order valence-corrected chi connectivity index (χ2v) is 3.79. The van der Waals surface area contributed by atoms with Gasteiger partial charge in [-0.25, -0.2) is 8.78 Å². The number of ketones is 1. The molecule has 7 heteroatoms. The normalized spacial score (nSPS) is 11.5. The van der Waals surface area contributed by atoms with Gasteiger partial charge in [0.05, 0.1) is 12.2 Å². The summed E-state index contributed by atoms with van der Waals surface area (Å²) in [6.45, 7) is 1.74. The van der Waals surface area contributed by atoms with Crippen molar-refractivity contribution >= 4 is 5.78 Å². The van der Waals surface area contributed by atoms with Crippen LogP contribution in [-0.2, 0) is 0 Å². The van der Waals surface area contributed by atoms with Gasteiger partial charge >= 0.3 is 6.18 Å². The molecule has 0 aromatic heterocycles. The van der Waals surface area contributed by atoms with Gasteiger partial charge in [-0.1, -0.05) is 13.3 Å². The maximum absolute atomic E-state index is 13.4. The number of unbranched alkanes of at least 4 members (excludes halogenated alkanes) is 1. The first-order chi connectivity index (χ1) is 8.77. The Bertz CT molecular complexity index is 468. The van der Waals surface area contributed by atoms with Gasteiger partial charge in [0.2, 0.25) is 0 Å². The predicted octanol–water partition coefficient (Wildman–Crippen LogP) is 3.89.